The molecule has 2 N–H and O–H groups in total. The SMILES string of the molecule is Nc1cc(CCc2ncncn2)ccc1F. The molecule has 0 atom stereocenters. The van der Waals surface area contributed by atoms with E-state index in [0.717, 1.165) is 17.8 Å². The van der Waals surface area contributed by atoms with Crippen LogP contribution in [-0.4, -0.2) is 15.0 Å². The van der Waals surface area contributed by atoms with Crippen LogP contribution in [0.1, 0.15) is 11.4 Å². The molecule has 4 nitrogen and oxygen atoms in total. The van der Waals surface area contributed by atoms with Crippen LogP contribution in [0.5, 0.6) is 0 Å². The van der Waals surface area contributed by atoms with Gasteiger partial charge in [-0.15, -0.1) is 0 Å². The molecule has 0 amide bonds. The predicted octanol–water partition coefficient (Wildman–Crippen LogP) is 1.38. The second-order valence-electron chi connectivity index (χ2n) is 3.41. The molecule has 0 aliphatic rings. The Morgan fingerprint density at radius 1 is 1.12 bits per heavy atom. The maximum atomic E-state index is 12.9. The maximum Gasteiger partial charge on any atom is 0.146 e. The molecule has 2 aromatic rings. The van der Waals surface area contributed by atoms with E-state index >= 15 is 0 Å². The second-order valence-corrected chi connectivity index (χ2v) is 3.41. The molecular formula is C11H11FN4. The lowest BCUT2D eigenvalue weighted by Gasteiger charge is -2.02. The van der Waals surface area contributed by atoms with Gasteiger partial charge in [0.05, 0.1) is 5.69 Å². The lowest BCUT2D eigenvalue weighted by atomic mass is 10.1. The standard InChI is InChI=1S/C11H11FN4/c12-9-3-1-8(5-10(9)13)2-4-11-15-6-14-7-16-11/h1,3,5-7H,2,4,13H2. The summed E-state index contributed by atoms with van der Waals surface area (Å²) in [6.45, 7) is 0. The van der Waals surface area contributed by atoms with E-state index in [9.17, 15) is 4.39 Å². The van der Waals surface area contributed by atoms with Crippen LogP contribution in [-0.2, 0) is 12.8 Å². The fourth-order valence-corrected chi connectivity index (χ4v) is 1.40. The highest BCUT2D eigenvalue weighted by atomic mass is 19.1. The van der Waals surface area contributed by atoms with Gasteiger partial charge in [0.25, 0.3) is 0 Å². The molecule has 16 heavy (non-hydrogen) atoms. The zero-order valence-corrected chi connectivity index (χ0v) is 8.60. The van der Waals surface area contributed by atoms with E-state index in [4.69, 9.17) is 5.73 Å². The molecule has 1 aromatic carbocycles. The average Bonchev–Trinajstić information content (AvgIpc) is 2.32. The highest BCUT2D eigenvalue weighted by Gasteiger charge is 2.01. The summed E-state index contributed by atoms with van der Waals surface area (Å²) in [5.74, 6) is 0.335. The van der Waals surface area contributed by atoms with E-state index in [1.165, 1.54) is 18.7 Å². The minimum atomic E-state index is -0.385. The zero-order valence-electron chi connectivity index (χ0n) is 8.60. The van der Waals surface area contributed by atoms with Gasteiger partial charge >= 0.3 is 0 Å². The van der Waals surface area contributed by atoms with E-state index in [1.807, 2.05) is 0 Å². The average molecular weight is 218 g/mol. The molecule has 0 radical (unpaired) electrons. The summed E-state index contributed by atoms with van der Waals surface area (Å²) in [6, 6.07) is 4.72. The summed E-state index contributed by atoms with van der Waals surface area (Å²) in [5.41, 5.74) is 6.62. The van der Waals surface area contributed by atoms with E-state index in [1.54, 1.807) is 12.1 Å². The number of nitrogen functional groups attached to an aromatic ring is 1. The number of anilines is 1. The maximum absolute atomic E-state index is 12.9. The van der Waals surface area contributed by atoms with Crippen molar-refractivity contribution >= 4 is 5.69 Å². The lowest BCUT2D eigenvalue weighted by molar-refractivity contribution is 0.631. The Balaban J connectivity index is 2.03. The highest BCUT2D eigenvalue weighted by molar-refractivity contribution is 5.42. The van der Waals surface area contributed by atoms with Gasteiger partial charge in [0.2, 0.25) is 0 Å². The van der Waals surface area contributed by atoms with Gasteiger partial charge in [0, 0.05) is 6.42 Å². The first-order chi connectivity index (χ1) is 7.75. The number of hydrogen-bond donors (Lipinski definition) is 1. The van der Waals surface area contributed by atoms with Crippen LogP contribution in [0.15, 0.2) is 30.9 Å². The summed E-state index contributed by atoms with van der Waals surface area (Å²) in [5, 5.41) is 0. The lowest BCUT2D eigenvalue weighted by Crippen LogP contribution is -1.99. The zero-order chi connectivity index (χ0) is 11.4. The first-order valence-electron chi connectivity index (χ1n) is 4.90. The van der Waals surface area contributed by atoms with Crippen LogP contribution in [0.2, 0.25) is 0 Å². The van der Waals surface area contributed by atoms with Crippen LogP contribution in [0, 0.1) is 5.82 Å². The van der Waals surface area contributed by atoms with Crippen LogP contribution in [0.3, 0.4) is 0 Å². The van der Waals surface area contributed by atoms with E-state index < -0.39 is 0 Å². The van der Waals surface area contributed by atoms with Crippen molar-refractivity contribution in [3.05, 3.63) is 48.1 Å². The summed E-state index contributed by atoms with van der Waals surface area (Å²) in [4.78, 5) is 11.7. The molecule has 0 bridgehead atoms. The molecule has 0 saturated carbocycles. The molecule has 0 saturated heterocycles. The Morgan fingerprint density at radius 3 is 2.56 bits per heavy atom. The third kappa shape index (κ3) is 2.50. The predicted molar refractivity (Wildman–Crippen MR) is 58.0 cm³/mol. The van der Waals surface area contributed by atoms with Gasteiger partial charge in [-0.1, -0.05) is 6.07 Å². The van der Waals surface area contributed by atoms with Gasteiger partial charge in [-0.2, -0.15) is 0 Å². The third-order valence-corrected chi connectivity index (χ3v) is 2.24. The van der Waals surface area contributed by atoms with Gasteiger partial charge in [-0.25, -0.2) is 19.3 Å². The molecule has 1 aromatic heterocycles. The molecule has 0 spiro atoms. The van der Waals surface area contributed by atoms with Crippen LogP contribution >= 0.6 is 0 Å². The Morgan fingerprint density at radius 2 is 1.88 bits per heavy atom. The largest absolute Gasteiger partial charge is 0.396 e. The Hall–Kier alpha value is -2.04. The third-order valence-electron chi connectivity index (χ3n) is 2.24. The van der Waals surface area contributed by atoms with Crippen molar-refractivity contribution in [2.24, 2.45) is 0 Å². The Kier molecular flexibility index (Phi) is 3.05. The molecule has 5 heteroatoms. The minimum Gasteiger partial charge on any atom is -0.396 e. The van der Waals surface area contributed by atoms with Crippen molar-refractivity contribution in [3.63, 3.8) is 0 Å². The van der Waals surface area contributed by atoms with Crippen LogP contribution in [0.25, 0.3) is 0 Å². The van der Waals surface area contributed by atoms with Crippen molar-refractivity contribution in [2.45, 2.75) is 12.8 Å². The minimum absolute atomic E-state index is 0.174. The summed E-state index contributed by atoms with van der Waals surface area (Å²) in [7, 11) is 0. The number of benzene rings is 1. The van der Waals surface area contributed by atoms with Crippen molar-refractivity contribution in [3.8, 4) is 0 Å². The monoisotopic (exact) mass is 218 g/mol. The second kappa shape index (κ2) is 4.65. The number of aromatic nitrogens is 3. The van der Waals surface area contributed by atoms with Crippen molar-refractivity contribution in [2.75, 3.05) is 5.73 Å². The highest BCUT2D eigenvalue weighted by Crippen LogP contribution is 2.13. The molecular weight excluding hydrogens is 207 g/mol. The number of hydrogen-bond acceptors (Lipinski definition) is 4. The number of halogens is 1. The fourth-order valence-electron chi connectivity index (χ4n) is 1.40. The summed E-state index contributed by atoms with van der Waals surface area (Å²) < 4.78 is 12.9. The molecule has 0 aliphatic carbocycles. The smallest absolute Gasteiger partial charge is 0.146 e. The van der Waals surface area contributed by atoms with E-state index in [2.05, 4.69) is 15.0 Å². The topological polar surface area (TPSA) is 64.7 Å². The first kappa shape index (κ1) is 10.5. The molecule has 1 heterocycles. The first-order valence-corrected chi connectivity index (χ1v) is 4.90. The molecule has 0 unspecified atom stereocenters. The van der Waals surface area contributed by atoms with Gasteiger partial charge in [0.1, 0.15) is 24.3 Å². The van der Waals surface area contributed by atoms with Gasteiger partial charge in [-0.3, -0.25) is 0 Å². The van der Waals surface area contributed by atoms with Crippen molar-refractivity contribution in [1.29, 1.82) is 0 Å². The quantitative estimate of drug-likeness (QED) is 0.790. The summed E-state index contributed by atoms with van der Waals surface area (Å²) >= 11 is 0. The Labute approximate surface area is 92.4 Å². The molecule has 0 aliphatic heterocycles. The molecule has 82 valence electrons. The Bertz CT molecular complexity index is 473. The normalized spacial score (nSPS) is 10.3. The van der Waals surface area contributed by atoms with E-state index in [-0.39, 0.29) is 11.5 Å². The van der Waals surface area contributed by atoms with E-state index in [0.29, 0.717) is 6.42 Å². The van der Waals surface area contributed by atoms with Gasteiger partial charge in [0.15, 0.2) is 0 Å². The summed E-state index contributed by atoms with van der Waals surface area (Å²) in [6.07, 6.45) is 4.34. The van der Waals surface area contributed by atoms with Gasteiger partial charge in [-0.05, 0) is 24.1 Å². The van der Waals surface area contributed by atoms with Crippen LogP contribution < -0.4 is 5.73 Å². The number of rotatable bonds is 3. The number of aryl methyl sites for hydroxylation is 2. The van der Waals surface area contributed by atoms with Gasteiger partial charge < -0.3 is 5.73 Å². The van der Waals surface area contributed by atoms with Crippen molar-refractivity contribution < 1.29 is 4.39 Å². The fraction of sp³-hybridized carbons (Fsp3) is 0.182. The molecule has 0 fully saturated rings. The number of nitrogens with two attached hydrogens (primary N) is 1. The van der Waals surface area contributed by atoms with Crippen LogP contribution in [0.4, 0.5) is 10.1 Å². The van der Waals surface area contributed by atoms with Crippen molar-refractivity contribution in [1.82, 2.24) is 15.0 Å². The number of nitrogens with zero attached hydrogens (tertiary/aromatic N) is 3. The molecule has 2 rings (SSSR count).